The van der Waals surface area contributed by atoms with Crippen LogP contribution in [-0.4, -0.2) is 111 Å². The fraction of sp³-hybridized carbons (Fsp3) is 0.481. The van der Waals surface area contributed by atoms with Gasteiger partial charge in [0.05, 0.1) is 88.2 Å². The number of anilines is 4. The van der Waals surface area contributed by atoms with Gasteiger partial charge in [0.25, 0.3) is 0 Å². The summed E-state index contributed by atoms with van der Waals surface area (Å²) in [7, 11) is 0. The van der Waals surface area contributed by atoms with Gasteiger partial charge in [0.1, 0.15) is 6.10 Å². The first kappa shape index (κ1) is 43.4. The van der Waals surface area contributed by atoms with Crippen LogP contribution in [0.5, 0.6) is 0 Å². The number of rotatable bonds is 15. The molecule has 0 saturated heterocycles. The van der Waals surface area contributed by atoms with Gasteiger partial charge < -0.3 is 55.6 Å². The lowest BCUT2D eigenvalue weighted by atomic mass is 10.0. The maximum absolute atomic E-state index is 13.1. The monoisotopic (exact) mass is 1320 g/mol. The molecule has 258 valence electrons. The number of halogens is 6. The van der Waals surface area contributed by atoms with Crippen LogP contribution in [-0.2, 0) is 16.2 Å². The molecule has 0 bridgehead atoms. The van der Waals surface area contributed by atoms with Gasteiger partial charge in [0.15, 0.2) is 0 Å². The second-order valence-corrected chi connectivity index (χ2v) is 16.2. The number of hydrogen-bond donors (Lipinski definition) is 8. The molecule has 2 aromatic rings. The van der Waals surface area contributed by atoms with Gasteiger partial charge >= 0.3 is 0 Å². The highest BCUT2D eigenvalue weighted by Crippen LogP contribution is 2.50. The highest BCUT2D eigenvalue weighted by atomic mass is 127. The van der Waals surface area contributed by atoms with E-state index in [1.165, 1.54) is 23.6 Å². The van der Waals surface area contributed by atoms with Crippen LogP contribution in [0.15, 0.2) is 0 Å². The summed E-state index contributed by atoms with van der Waals surface area (Å²) in [5, 5.41) is 82.3. The molecule has 0 fully saturated rings. The minimum absolute atomic E-state index is 0.0510. The van der Waals surface area contributed by atoms with Crippen LogP contribution in [0.3, 0.4) is 0 Å². The third kappa shape index (κ3) is 8.81. The molecule has 19 heteroatoms. The van der Waals surface area contributed by atoms with Gasteiger partial charge in [-0.25, -0.2) is 0 Å². The van der Waals surface area contributed by atoms with Gasteiger partial charge in [-0.05, 0) is 136 Å². The quantitative estimate of drug-likeness (QED) is 0.122. The lowest BCUT2D eigenvalue weighted by Crippen LogP contribution is -2.45. The zero-order chi connectivity index (χ0) is 35.2. The molecule has 1 unspecified atom stereocenters. The molecule has 0 aliphatic heterocycles. The van der Waals surface area contributed by atoms with Crippen LogP contribution >= 0.6 is 136 Å². The summed E-state index contributed by atoms with van der Waals surface area (Å²) in [6.45, 7) is -1.21. The Kier molecular flexibility index (Phi) is 18.6. The molecule has 0 spiro atoms. The van der Waals surface area contributed by atoms with Gasteiger partial charge in [0, 0.05) is 45.8 Å². The van der Waals surface area contributed by atoms with Crippen molar-refractivity contribution in [2.75, 3.05) is 60.9 Å². The number of carbonyl (C=O) groups excluding carboxylic acids is 2. The Bertz CT molecular complexity index is 1430. The van der Waals surface area contributed by atoms with Crippen molar-refractivity contribution in [2.24, 2.45) is 0 Å². The summed E-state index contributed by atoms with van der Waals surface area (Å²) < 4.78 is 2.83. The Morgan fingerprint density at radius 2 is 0.957 bits per heavy atom. The SMILES string of the molecule is CC(=O)N(c1c(I)c(CO)c(I)c(N(CCO)c2c(I)c(C(O)CO)c(I)c(N(C(C)=O)C(CO)CO)c2I)c1I)C(CO)CO. The molecule has 2 aromatic carbocycles. The van der Waals surface area contributed by atoms with E-state index >= 15 is 0 Å². The van der Waals surface area contributed by atoms with Gasteiger partial charge in [0.2, 0.25) is 11.8 Å². The third-order valence-corrected chi connectivity index (χ3v) is 13.5. The second kappa shape index (κ2) is 19.7. The minimum Gasteiger partial charge on any atom is -0.395 e. The summed E-state index contributed by atoms with van der Waals surface area (Å²) in [6.07, 6.45) is -1.40. The number of benzene rings is 2. The Hall–Kier alpha value is 1.24. The number of aliphatic hydroxyl groups is 8. The van der Waals surface area contributed by atoms with Crippen molar-refractivity contribution in [3.63, 3.8) is 0 Å². The Labute approximate surface area is 347 Å². The topological polar surface area (TPSA) is 206 Å². The van der Waals surface area contributed by atoms with Crippen molar-refractivity contribution in [2.45, 2.75) is 38.6 Å². The molecule has 46 heavy (non-hydrogen) atoms. The van der Waals surface area contributed by atoms with Crippen molar-refractivity contribution < 1.29 is 50.4 Å². The summed E-state index contributed by atoms with van der Waals surface area (Å²) in [4.78, 5) is 30.3. The van der Waals surface area contributed by atoms with E-state index in [-0.39, 0.29) is 24.4 Å². The van der Waals surface area contributed by atoms with Gasteiger partial charge in [-0.2, -0.15) is 0 Å². The van der Waals surface area contributed by atoms with Gasteiger partial charge in [-0.1, -0.05) is 0 Å². The standard InChI is InChI=1S/C27H33I6N3O10/c1-11(44)35(13(5-38)6-39)26-19(29)15(9-42)18(28)24(22(26)32)34(3-4-37)25-20(30)17(16(46)10-43)21(31)27(23(25)33)36(12(2)45)14(7-40)8-41/h13-14,16,37-43,46H,3-10H2,1-2H3. The molecule has 0 radical (unpaired) electrons. The summed E-state index contributed by atoms with van der Waals surface area (Å²) >= 11 is 12.1. The van der Waals surface area contributed by atoms with E-state index in [0.29, 0.717) is 44.0 Å². The fourth-order valence-corrected chi connectivity index (χ4v) is 14.4. The van der Waals surface area contributed by atoms with Crippen molar-refractivity contribution in [1.29, 1.82) is 0 Å². The normalized spacial score (nSPS) is 12.2. The molecular formula is C27H33I6N3O10. The summed E-state index contributed by atoms with van der Waals surface area (Å²) in [5.41, 5.74) is 2.12. The maximum Gasteiger partial charge on any atom is 0.224 e. The zero-order valence-corrected chi connectivity index (χ0v) is 37.3. The molecule has 2 rings (SSSR count). The predicted molar refractivity (Wildman–Crippen MR) is 223 cm³/mol. The van der Waals surface area contributed by atoms with E-state index in [9.17, 15) is 50.4 Å². The van der Waals surface area contributed by atoms with E-state index < -0.39 is 69.6 Å². The first-order valence-corrected chi connectivity index (χ1v) is 19.8. The summed E-state index contributed by atoms with van der Waals surface area (Å²) in [6, 6.07) is -2.04. The van der Waals surface area contributed by atoms with Crippen molar-refractivity contribution in [3.05, 3.63) is 32.5 Å². The third-order valence-electron chi connectivity index (χ3n) is 6.93. The molecule has 0 aliphatic rings. The molecule has 2 amide bonds. The highest BCUT2D eigenvalue weighted by molar-refractivity contribution is 14.1. The lowest BCUT2D eigenvalue weighted by molar-refractivity contribution is -0.118. The van der Waals surface area contributed by atoms with Crippen LogP contribution in [0.1, 0.15) is 31.1 Å². The minimum atomic E-state index is -1.40. The van der Waals surface area contributed by atoms with E-state index in [1.807, 2.05) is 113 Å². The Balaban J connectivity index is 3.29. The number of nitrogens with zero attached hydrogens (tertiary/aromatic N) is 3. The second-order valence-electron chi connectivity index (χ2n) is 9.72. The predicted octanol–water partition coefficient (Wildman–Crippen LogP) is 2.37. The largest absolute Gasteiger partial charge is 0.395 e. The summed E-state index contributed by atoms with van der Waals surface area (Å²) in [5.74, 6) is -0.979. The number of amides is 2. The van der Waals surface area contributed by atoms with Crippen molar-refractivity contribution in [3.8, 4) is 0 Å². The van der Waals surface area contributed by atoms with E-state index in [2.05, 4.69) is 22.6 Å². The smallest absolute Gasteiger partial charge is 0.224 e. The fourth-order valence-electron chi connectivity index (χ4n) is 4.83. The van der Waals surface area contributed by atoms with Crippen LogP contribution in [0.2, 0.25) is 0 Å². The molecule has 13 nitrogen and oxygen atoms in total. The van der Waals surface area contributed by atoms with E-state index in [4.69, 9.17) is 0 Å². The molecular weight excluding hydrogens is 1290 g/mol. The number of carbonyl (C=O) groups is 2. The van der Waals surface area contributed by atoms with Gasteiger partial charge in [-0.15, -0.1) is 0 Å². The molecule has 8 N–H and O–H groups in total. The first-order chi connectivity index (χ1) is 21.7. The van der Waals surface area contributed by atoms with E-state index in [0.717, 1.165) is 0 Å². The molecule has 0 saturated carbocycles. The van der Waals surface area contributed by atoms with Crippen LogP contribution < -0.4 is 14.7 Å². The Morgan fingerprint density at radius 1 is 0.587 bits per heavy atom. The number of hydrogen-bond acceptors (Lipinski definition) is 11. The van der Waals surface area contributed by atoms with Crippen LogP contribution in [0.4, 0.5) is 22.7 Å². The van der Waals surface area contributed by atoms with Gasteiger partial charge in [-0.3, -0.25) is 9.59 Å². The molecule has 1 atom stereocenters. The maximum atomic E-state index is 13.1. The Morgan fingerprint density at radius 3 is 1.30 bits per heavy atom. The average Bonchev–Trinajstić information content (AvgIpc) is 3.00. The van der Waals surface area contributed by atoms with Crippen LogP contribution in [0.25, 0.3) is 0 Å². The van der Waals surface area contributed by atoms with Crippen molar-refractivity contribution in [1.82, 2.24) is 0 Å². The lowest BCUT2D eigenvalue weighted by Gasteiger charge is -2.37. The van der Waals surface area contributed by atoms with Crippen LogP contribution in [0, 0.1) is 21.4 Å². The zero-order valence-electron chi connectivity index (χ0n) is 24.4. The molecule has 0 aromatic heterocycles. The highest BCUT2D eigenvalue weighted by Gasteiger charge is 2.37. The molecule has 0 aliphatic carbocycles. The van der Waals surface area contributed by atoms with E-state index in [1.54, 1.807) is 4.90 Å². The average molecular weight is 1320 g/mol. The number of aliphatic hydroxyl groups excluding tert-OH is 8. The first-order valence-electron chi connectivity index (χ1n) is 13.4. The molecule has 0 heterocycles. The van der Waals surface area contributed by atoms with Crippen molar-refractivity contribution >= 4 is 170 Å².